The number of likely N-dealkylation sites (tertiary alicyclic amines) is 1. The third kappa shape index (κ3) is 3.85. The lowest BCUT2D eigenvalue weighted by Crippen LogP contribution is -2.50. The van der Waals surface area contributed by atoms with Crippen molar-refractivity contribution in [2.75, 3.05) is 13.1 Å². The molecule has 5 heteroatoms. The van der Waals surface area contributed by atoms with Gasteiger partial charge in [0, 0.05) is 42.5 Å². The van der Waals surface area contributed by atoms with E-state index in [0.29, 0.717) is 5.71 Å². The molecule has 2 aromatic carbocycles. The fraction of sp³-hybridized carbons (Fsp3) is 0.364. The molecule has 140 valence electrons. The van der Waals surface area contributed by atoms with E-state index in [4.69, 9.17) is 4.99 Å². The molecule has 2 heterocycles. The van der Waals surface area contributed by atoms with Gasteiger partial charge in [-0.1, -0.05) is 51.8 Å². The highest BCUT2D eigenvalue weighted by Gasteiger charge is 2.42. The van der Waals surface area contributed by atoms with Crippen molar-refractivity contribution in [3.8, 4) is 0 Å². The summed E-state index contributed by atoms with van der Waals surface area (Å²) in [6, 6.07) is 14.4. The third-order valence-electron chi connectivity index (χ3n) is 5.59. The molecular formula is C22H24BrN3O. The van der Waals surface area contributed by atoms with E-state index < -0.39 is 5.66 Å². The van der Waals surface area contributed by atoms with Gasteiger partial charge in [-0.15, -0.1) is 0 Å². The molecule has 27 heavy (non-hydrogen) atoms. The van der Waals surface area contributed by atoms with Crippen LogP contribution in [-0.2, 0) is 11.3 Å². The summed E-state index contributed by atoms with van der Waals surface area (Å²) in [6.07, 6.45) is 1.70. The van der Waals surface area contributed by atoms with Crippen LogP contribution in [0.1, 0.15) is 35.1 Å². The number of rotatable bonds is 3. The highest BCUT2D eigenvalue weighted by atomic mass is 79.9. The Bertz CT molecular complexity index is 896. The van der Waals surface area contributed by atoms with Gasteiger partial charge in [-0.25, -0.2) is 0 Å². The molecule has 0 aromatic heterocycles. The Morgan fingerprint density at radius 3 is 2.52 bits per heavy atom. The molecule has 2 aromatic rings. The Balaban J connectivity index is 1.46. The zero-order valence-electron chi connectivity index (χ0n) is 15.8. The molecule has 1 fully saturated rings. The SMILES string of the molecule is Cc1ccc(C)c(CN2CCC3(CC2)N=C(c2ccc(Br)cc2)C(=O)N3)c1. The van der Waals surface area contributed by atoms with Gasteiger partial charge in [0.2, 0.25) is 0 Å². The van der Waals surface area contributed by atoms with Crippen molar-refractivity contribution in [1.29, 1.82) is 0 Å². The molecule has 0 aliphatic carbocycles. The summed E-state index contributed by atoms with van der Waals surface area (Å²) in [6.45, 7) is 7.14. The van der Waals surface area contributed by atoms with Crippen molar-refractivity contribution in [3.05, 3.63) is 69.2 Å². The number of aryl methyl sites for hydroxylation is 2. The minimum atomic E-state index is -0.433. The van der Waals surface area contributed by atoms with Crippen LogP contribution in [0, 0.1) is 13.8 Å². The van der Waals surface area contributed by atoms with Gasteiger partial charge in [0.05, 0.1) is 0 Å². The Kier molecular flexibility index (Phi) is 4.91. The van der Waals surface area contributed by atoms with E-state index in [2.05, 4.69) is 58.2 Å². The Labute approximate surface area is 168 Å². The van der Waals surface area contributed by atoms with Crippen LogP contribution in [-0.4, -0.2) is 35.3 Å². The molecule has 1 spiro atoms. The second kappa shape index (κ2) is 7.21. The maximum Gasteiger partial charge on any atom is 0.272 e. The standard InChI is InChI=1S/C22H24BrN3O/c1-15-3-4-16(2)18(13-15)14-26-11-9-22(10-12-26)24-20(21(27)25-22)17-5-7-19(23)8-6-17/h3-8,13H,9-12,14H2,1-2H3,(H,25,27). The maximum absolute atomic E-state index is 12.5. The highest BCUT2D eigenvalue weighted by Crippen LogP contribution is 2.30. The van der Waals surface area contributed by atoms with E-state index in [1.54, 1.807) is 0 Å². The number of benzene rings is 2. The summed E-state index contributed by atoms with van der Waals surface area (Å²) in [5, 5.41) is 3.16. The van der Waals surface area contributed by atoms with E-state index >= 15 is 0 Å². The normalized spacial score (nSPS) is 19.2. The van der Waals surface area contributed by atoms with Crippen LogP contribution in [0.3, 0.4) is 0 Å². The minimum Gasteiger partial charge on any atom is -0.326 e. The van der Waals surface area contributed by atoms with Gasteiger partial charge < -0.3 is 5.32 Å². The van der Waals surface area contributed by atoms with Crippen molar-refractivity contribution < 1.29 is 4.79 Å². The lowest BCUT2D eigenvalue weighted by molar-refractivity contribution is -0.115. The van der Waals surface area contributed by atoms with E-state index in [0.717, 1.165) is 42.5 Å². The van der Waals surface area contributed by atoms with Gasteiger partial charge in [-0.2, -0.15) is 0 Å². The topological polar surface area (TPSA) is 44.7 Å². The van der Waals surface area contributed by atoms with Gasteiger partial charge in [0.25, 0.3) is 5.91 Å². The predicted octanol–water partition coefficient (Wildman–Crippen LogP) is 3.98. The summed E-state index contributed by atoms with van der Waals surface area (Å²) in [7, 11) is 0. The van der Waals surface area contributed by atoms with Crippen LogP contribution in [0.25, 0.3) is 0 Å². The van der Waals surface area contributed by atoms with E-state index in [-0.39, 0.29) is 5.91 Å². The third-order valence-corrected chi connectivity index (χ3v) is 6.12. The van der Waals surface area contributed by atoms with Crippen molar-refractivity contribution in [1.82, 2.24) is 10.2 Å². The van der Waals surface area contributed by atoms with E-state index in [1.807, 2.05) is 24.3 Å². The van der Waals surface area contributed by atoms with Gasteiger partial charge in [0.1, 0.15) is 11.4 Å². The van der Waals surface area contributed by atoms with Crippen LogP contribution >= 0.6 is 15.9 Å². The number of hydrogen-bond acceptors (Lipinski definition) is 3. The van der Waals surface area contributed by atoms with Crippen molar-refractivity contribution in [2.24, 2.45) is 4.99 Å². The number of carbonyl (C=O) groups is 1. The van der Waals surface area contributed by atoms with Crippen LogP contribution in [0.5, 0.6) is 0 Å². The Hall–Kier alpha value is -1.98. The first kappa shape index (κ1) is 18.4. The Morgan fingerprint density at radius 1 is 1.11 bits per heavy atom. The first-order valence-corrected chi connectivity index (χ1v) is 10.2. The molecule has 1 N–H and O–H groups in total. The zero-order valence-corrected chi connectivity index (χ0v) is 17.3. The average molecular weight is 426 g/mol. The average Bonchev–Trinajstić information content (AvgIpc) is 2.97. The molecule has 0 atom stereocenters. The number of nitrogens with zero attached hydrogens (tertiary/aromatic N) is 2. The number of amides is 1. The summed E-state index contributed by atoms with van der Waals surface area (Å²) >= 11 is 3.44. The molecule has 4 nitrogen and oxygen atoms in total. The largest absolute Gasteiger partial charge is 0.326 e. The number of carbonyl (C=O) groups excluding carboxylic acids is 1. The van der Waals surface area contributed by atoms with Gasteiger partial charge >= 0.3 is 0 Å². The quantitative estimate of drug-likeness (QED) is 0.807. The summed E-state index contributed by atoms with van der Waals surface area (Å²) < 4.78 is 1.000. The number of nitrogens with one attached hydrogen (secondary N) is 1. The molecular weight excluding hydrogens is 402 g/mol. The maximum atomic E-state index is 12.5. The van der Waals surface area contributed by atoms with E-state index in [9.17, 15) is 4.79 Å². The van der Waals surface area contributed by atoms with Crippen molar-refractivity contribution in [2.45, 2.75) is 38.9 Å². The van der Waals surface area contributed by atoms with Gasteiger partial charge in [0.15, 0.2) is 0 Å². The van der Waals surface area contributed by atoms with Crippen LogP contribution in [0.4, 0.5) is 0 Å². The van der Waals surface area contributed by atoms with Crippen LogP contribution in [0.15, 0.2) is 51.9 Å². The second-order valence-corrected chi connectivity index (χ2v) is 8.57. The predicted molar refractivity (Wildman–Crippen MR) is 112 cm³/mol. The van der Waals surface area contributed by atoms with E-state index in [1.165, 1.54) is 16.7 Å². The van der Waals surface area contributed by atoms with Gasteiger partial charge in [-0.05, 0) is 37.1 Å². The number of halogens is 1. The number of piperidine rings is 1. The summed E-state index contributed by atoms with van der Waals surface area (Å²) in [5.74, 6) is -0.0553. The first-order valence-electron chi connectivity index (χ1n) is 9.41. The molecule has 0 radical (unpaired) electrons. The van der Waals surface area contributed by atoms with Crippen LogP contribution in [0.2, 0.25) is 0 Å². The molecule has 2 aliphatic heterocycles. The fourth-order valence-electron chi connectivity index (χ4n) is 3.90. The zero-order chi connectivity index (χ0) is 19.0. The molecule has 4 rings (SSSR count). The minimum absolute atomic E-state index is 0.0553. The molecule has 2 aliphatic rings. The van der Waals surface area contributed by atoms with Gasteiger partial charge in [-0.3, -0.25) is 14.7 Å². The molecule has 0 unspecified atom stereocenters. The van der Waals surface area contributed by atoms with Crippen molar-refractivity contribution >= 4 is 27.5 Å². The highest BCUT2D eigenvalue weighted by molar-refractivity contribution is 9.10. The van der Waals surface area contributed by atoms with Crippen LogP contribution < -0.4 is 5.32 Å². The summed E-state index contributed by atoms with van der Waals surface area (Å²) in [5.41, 5.74) is 5.04. The number of aliphatic imine (C=N–C) groups is 1. The number of hydrogen-bond donors (Lipinski definition) is 1. The smallest absolute Gasteiger partial charge is 0.272 e. The molecule has 0 bridgehead atoms. The fourth-order valence-corrected chi connectivity index (χ4v) is 4.16. The lowest BCUT2D eigenvalue weighted by atomic mass is 9.97. The Morgan fingerprint density at radius 2 is 1.81 bits per heavy atom. The lowest BCUT2D eigenvalue weighted by Gasteiger charge is -2.37. The summed E-state index contributed by atoms with van der Waals surface area (Å²) in [4.78, 5) is 19.8. The second-order valence-electron chi connectivity index (χ2n) is 7.66. The molecule has 1 amide bonds. The monoisotopic (exact) mass is 425 g/mol. The molecule has 1 saturated heterocycles. The van der Waals surface area contributed by atoms with Crippen molar-refractivity contribution in [3.63, 3.8) is 0 Å². The molecule has 0 saturated carbocycles. The first-order chi connectivity index (χ1) is 12.9.